The maximum Gasteiger partial charge on any atom is 0.308 e. The normalized spacial score (nSPS) is 16.1. The second-order valence-corrected chi connectivity index (χ2v) is 18.2. The number of hydrogen-bond donors (Lipinski definition) is 4. The molecule has 0 aliphatic carbocycles. The second kappa shape index (κ2) is 20.8. The summed E-state index contributed by atoms with van der Waals surface area (Å²) < 4.78 is 22.4. The maximum absolute atomic E-state index is 12.2. The zero-order chi connectivity index (χ0) is 45.9. The van der Waals surface area contributed by atoms with Gasteiger partial charge in [-0.3, -0.25) is 9.59 Å². The minimum atomic E-state index is -0.839. The fourth-order valence-electron chi connectivity index (χ4n) is 8.28. The number of hydrogen-bond acceptors (Lipinski definition) is 12. The number of rotatable bonds is 12. The molecule has 344 valence electrons. The average Bonchev–Trinajstić information content (AvgIpc) is 3.93. The van der Waals surface area contributed by atoms with Crippen molar-refractivity contribution in [2.75, 3.05) is 13.1 Å². The van der Waals surface area contributed by atoms with Crippen molar-refractivity contribution < 1.29 is 38.3 Å². The molecule has 0 spiro atoms. The van der Waals surface area contributed by atoms with Crippen LogP contribution in [-0.4, -0.2) is 67.7 Å². The SMILES string of the molecule is CC(C)Oc1ccc(-c2nc(-c3cccc4c3CCNC4C(C(=O)O)C(C)(C)C)no2)cc1Cl.CC(C)Oc1ccc(-c2nc(-c3cccc4c3CCNC4CC(=O)O)no2)cc1Cl.Cl. The van der Waals surface area contributed by atoms with Gasteiger partial charge in [-0.2, -0.15) is 9.97 Å². The largest absolute Gasteiger partial charge is 0.489 e. The molecule has 4 heterocycles. The number of carboxylic acid groups (broad SMARTS) is 2. The lowest BCUT2D eigenvalue weighted by atomic mass is 9.72. The van der Waals surface area contributed by atoms with E-state index in [-0.39, 0.29) is 43.1 Å². The Morgan fingerprint density at radius 1 is 0.738 bits per heavy atom. The summed E-state index contributed by atoms with van der Waals surface area (Å²) in [6.07, 6.45) is 1.57. The molecule has 2 aromatic heterocycles. The monoisotopic (exact) mass is 946 g/mol. The van der Waals surface area contributed by atoms with Crippen LogP contribution in [0, 0.1) is 11.3 Å². The first kappa shape index (κ1) is 48.9. The minimum Gasteiger partial charge on any atom is -0.489 e. The number of benzene rings is 4. The molecule has 0 saturated carbocycles. The highest BCUT2D eigenvalue weighted by molar-refractivity contribution is 6.32. The van der Waals surface area contributed by atoms with Crippen molar-refractivity contribution >= 4 is 47.5 Å². The molecule has 2 aliphatic heterocycles. The highest BCUT2D eigenvalue weighted by Crippen LogP contribution is 2.42. The standard InChI is InChI=1S/C26H30ClN3O4.C22H22ClN3O4.ClH/c1-14(2)33-20-10-9-15(13-19(20)27)24-29-23(30-34-24)18-8-6-7-17-16(18)11-12-28-22(17)21(25(31)32)26(3,4)5;1-12(2)29-19-7-6-13(10-17(19)23)22-25-21(26-30-22)16-5-3-4-15-14(16)8-9-24-18(15)11-20(27)28;/h6-10,13-14,21-22,28H,11-12H2,1-5H3,(H,31,32);3-7,10,12,18,24H,8-9,11H2,1-2H3,(H,27,28);1H. The third-order valence-electron chi connectivity index (χ3n) is 11.0. The molecule has 14 nitrogen and oxygen atoms in total. The van der Waals surface area contributed by atoms with Gasteiger partial charge in [-0.15, -0.1) is 12.4 Å². The van der Waals surface area contributed by atoms with Gasteiger partial charge in [0.25, 0.3) is 11.8 Å². The molecule has 17 heteroatoms. The van der Waals surface area contributed by atoms with Crippen LogP contribution in [0.3, 0.4) is 0 Å². The van der Waals surface area contributed by atoms with Crippen LogP contribution in [0.5, 0.6) is 11.5 Å². The number of halogens is 3. The number of aliphatic carboxylic acids is 2. The number of nitrogens with one attached hydrogen (secondary N) is 2. The van der Waals surface area contributed by atoms with E-state index in [1.807, 2.05) is 97.0 Å². The van der Waals surface area contributed by atoms with Gasteiger partial charge in [0.05, 0.1) is 34.6 Å². The molecule has 3 atom stereocenters. The van der Waals surface area contributed by atoms with Crippen molar-refractivity contribution in [2.24, 2.45) is 11.3 Å². The van der Waals surface area contributed by atoms with E-state index >= 15 is 0 Å². The van der Waals surface area contributed by atoms with Gasteiger partial charge in [-0.05, 0) is 118 Å². The zero-order valence-corrected chi connectivity index (χ0v) is 39.5. The molecular formula is C48H53Cl3N6O8. The number of carboxylic acids is 2. The molecule has 0 fully saturated rings. The van der Waals surface area contributed by atoms with E-state index in [2.05, 4.69) is 30.9 Å². The summed E-state index contributed by atoms with van der Waals surface area (Å²) in [7, 11) is 0. The molecule has 4 N–H and O–H groups in total. The Morgan fingerprint density at radius 3 is 1.66 bits per heavy atom. The van der Waals surface area contributed by atoms with Gasteiger partial charge in [-0.25, -0.2) is 0 Å². The first-order valence-corrected chi connectivity index (χ1v) is 22.0. The van der Waals surface area contributed by atoms with Crippen LogP contribution in [0.15, 0.2) is 81.8 Å². The van der Waals surface area contributed by atoms with Crippen molar-refractivity contribution in [3.63, 3.8) is 0 Å². The van der Waals surface area contributed by atoms with E-state index in [4.69, 9.17) is 41.7 Å². The van der Waals surface area contributed by atoms with Gasteiger partial charge in [-0.1, -0.05) is 90.7 Å². The molecule has 8 rings (SSSR count). The van der Waals surface area contributed by atoms with Crippen molar-refractivity contribution in [1.82, 2.24) is 30.9 Å². The number of nitrogens with zero attached hydrogens (tertiary/aromatic N) is 4. The van der Waals surface area contributed by atoms with E-state index < -0.39 is 23.3 Å². The first-order chi connectivity index (χ1) is 30.5. The van der Waals surface area contributed by atoms with Gasteiger partial charge in [0.2, 0.25) is 11.6 Å². The van der Waals surface area contributed by atoms with Gasteiger partial charge in [0.1, 0.15) is 11.5 Å². The molecule has 0 amide bonds. The van der Waals surface area contributed by atoms with Crippen LogP contribution in [0.2, 0.25) is 10.0 Å². The molecule has 65 heavy (non-hydrogen) atoms. The Balaban J connectivity index is 0.000000214. The molecule has 0 bridgehead atoms. The van der Waals surface area contributed by atoms with Crippen LogP contribution in [0.25, 0.3) is 45.7 Å². The summed E-state index contributed by atoms with van der Waals surface area (Å²) in [5, 5.41) is 35.2. The Kier molecular flexibility index (Phi) is 15.6. The zero-order valence-electron chi connectivity index (χ0n) is 37.1. The van der Waals surface area contributed by atoms with Gasteiger partial charge in [0, 0.05) is 34.3 Å². The second-order valence-electron chi connectivity index (χ2n) is 17.4. The van der Waals surface area contributed by atoms with Gasteiger partial charge in [0.15, 0.2) is 0 Å². The lowest BCUT2D eigenvalue weighted by Crippen LogP contribution is -2.43. The molecule has 0 saturated heterocycles. The van der Waals surface area contributed by atoms with Gasteiger partial charge < -0.3 is 39.4 Å². The number of ether oxygens (including phenoxy) is 2. The van der Waals surface area contributed by atoms with E-state index in [1.165, 1.54) is 0 Å². The van der Waals surface area contributed by atoms with E-state index in [0.717, 1.165) is 46.2 Å². The van der Waals surface area contributed by atoms with Crippen LogP contribution in [-0.2, 0) is 22.4 Å². The van der Waals surface area contributed by atoms with Crippen LogP contribution < -0.4 is 20.1 Å². The Morgan fingerprint density at radius 2 is 1.22 bits per heavy atom. The first-order valence-electron chi connectivity index (χ1n) is 21.2. The summed E-state index contributed by atoms with van der Waals surface area (Å²) in [6, 6.07) is 21.8. The topological polar surface area (TPSA) is 195 Å². The maximum atomic E-state index is 12.2. The molecular weight excluding hydrogens is 895 g/mol. The molecule has 0 radical (unpaired) electrons. The number of aromatic nitrogens is 4. The van der Waals surface area contributed by atoms with Crippen LogP contribution in [0.1, 0.15) is 89.2 Å². The van der Waals surface area contributed by atoms with Gasteiger partial charge >= 0.3 is 11.9 Å². The van der Waals surface area contributed by atoms with E-state index in [0.29, 0.717) is 69.2 Å². The van der Waals surface area contributed by atoms with Crippen LogP contribution >= 0.6 is 35.6 Å². The summed E-state index contributed by atoms with van der Waals surface area (Å²) in [5.41, 5.74) is 6.71. The molecule has 4 aromatic carbocycles. The summed E-state index contributed by atoms with van der Waals surface area (Å²) >= 11 is 12.7. The van der Waals surface area contributed by atoms with Crippen LogP contribution in [0.4, 0.5) is 0 Å². The van der Waals surface area contributed by atoms with E-state index in [9.17, 15) is 19.8 Å². The Hall–Kier alpha value is -5.51. The summed E-state index contributed by atoms with van der Waals surface area (Å²) in [4.78, 5) is 32.6. The highest BCUT2D eigenvalue weighted by Gasteiger charge is 2.41. The lowest BCUT2D eigenvalue weighted by molar-refractivity contribution is -0.147. The van der Waals surface area contributed by atoms with Crippen molar-refractivity contribution in [1.29, 1.82) is 0 Å². The van der Waals surface area contributed by atoms with Crippen molar-refractivity contribution in [2.45, 2.75) is 92.0 Å². The average molecular weight is 948 g/mol. The summed E-state index contributed by atoms with van der Waals surface area (Å²) in [6.45, 7) is 15.0. The molecule has 2 aliphatic rings. The minimum absolute atomic E-state index is 0. The van der Waals surface area contributed by atoms with E-state index in [1.54, 1.807) is 24.3 Å². The Labute approximate surface area is 393 Å². The van der Waals surface area contributed by atoms with Crippen molar-refractivity contribution in [3.05, 3.63) is 105 Å². The third kappa shape index (κ3) is 11.3. The number of fused-ring (bicyclic) bond motifs is 2. The Bertz CT molecular complexity index is 2640. The smallest absolute Gasteiger partial charge is 0.308 e. The highest BCUT2D eigenvalue weighted by atomic mass is 35.5. The molecule has 6 aromatic rings. The fourth-order valence-corrected chi connectivity index (χ4v) is 8.73. The lowest BCUT2D eigenvalue weighted by Gasteiger charge is -2.38. The summed E-state index contributed by atoms with van der Waals surface area (Å²) in [5.74, 6) is 0.612. The predicted molar refractivity (Wildman–Crippen MR) is 251 cm³/mol. The molecule has 3 unspecified atom stereocenters. The third-order valence-corrected chi connectivity index (χ3v) is 11.6. The quantitative estimate of drug-likeness (QED) is 0.0904. The fraction of sp³-hybridized carbons (Fsp3) is 0.375. The van der Waals surface area contributed by atoms with Crippen molar-refractivity contribution in [3.8, 4) is 57.2 Å². The predicted octanol–water partition coefficient (Wildman–Crippen LogP) is 10.7. The number of carbonyl (C=O) groups is 2.